The van der Waals surface area contributed by atoms with Crippen LogP contribution in [-0.4, -0.2) is 13.1 Å². The molecule has 0 heterocycles. The van der Waals surface area contributed by atoms with Gasteiger partial charge in [0.1, 0.15) is 5.82 Å². The molecular weight excluding hydrogens is 306 g/mol. The molecule has 2 rings (SSSR count). The monoisotopic (exact) mass is 329 g/mol. The van der Waals surface area contributed by atoms with Crippen molar-refractivity contribution >= 4 is 0 Å². The minimum atomic E-state index is -4.67. The first-order valence-corrected chi connectivity index (χ1v) is 7.96. The Morgan fingerprint density at radius 3 is 2.43 bits per heavy atom. The van der Waals surface area contributed by atoms with Crippen LogP contribution in [-0.2, 0) is 6.18 Å². The molecule has 1 saturated carbocycles. The summed E-state index contributed by atoms with van der Waals surface area (Å²) in [4.78, 5) is 0. The van der Waals surface area contributed by atoms with E-state index in [1.54, 1.807) is 0 Å². The van der Waals surface area contributed by atoms with E-state index in [2.05, 4.69) is 11.9 Å². The van der Waals surface area contributed by atoms with Crippen LogP contribution in [0.5, 0.6) is 0 Å². The molecule has 1 aromatic carbocycles. The number of hydrogen-bond acceptors (Lipinski definition) is 1. The summed E-state index contributed by atoms with van der Waals surface area (Å²) in [6, 6.07) is 3.19. The van der Waals surface area contributed by atoms with Crippen molar-refractivity contribution in [3.05, 3.63) is 47.3 Å². The Morgan fingerprint density at radius 1 is 1.30 bits per heavy atom. The van der Waals surface area contributed by atoms with Gasteiger partial charge in [-0.25, -0.2) is 4.39 Å². The summed E-state index contributed by atoms with van der Waals surface area (Å²) in [5.41, 5.74) is 0.214. The molecule has 0 radical (unpaired) electrons. The lowest BCUT2D eigenvalue weighted by molar-refractivity contribution is -0.140. The zero-order valence-electron chi connectivity index (χ0n) is 13.5. The van der Waals surface area contributed by atoms with E-state index in [0.29, 0.717) is 18.0 Å². The fraction of sp³-hybridized carbons (Fsp3) is 0.556. The highest BCUT2D eigenvalue weighted by atomic mass is 19.4. The van der Waals surface area contributed by atoms with Gasteiger partial charge in [0.05, 0.1) is 5.56 Å². The fourth-order valence-electron chi connectivity index (χ4n) is 2.60. The van der Waals surface area contributed by atoms with Crippen molar-refractivity contribution < 1.29 is 17.6 Å². The van der Waals surface area contributed by atoms with Gasteiger partial charge < -0.3 is 5.32 Å². The molecule has 23 heavy (non-hydrogen) atoms. The second kappa shape index (κ2) is 7.04. The van der Waals surface area contributed by atoms with E-state index < -0.39 is 17.6 Å². The largest absolute Gasteiger partial charge is 0.419 e. The van der Waals surface area contributed by atoms with Gasteiger partial charge in [0.2, 0.25) is 0 Å². The maximum atomic E-state index is 13.9. The predicted octanol–water partition coefficient (Wildman–Crippen LogP) is 5.14. The van der Waals surface area contributed by atoms with E-state index in [4.69, 9.17) is 0 Å². The minimum absolute atomic E-state index is 0.174. The summed E-state index contributed by atoms with van der Waals surface area (Å²) in [5, 5.41) is 3.34. The third kappa shape index (κ3) is 4.80. The first-order chi connectivity index (χ1) is 10.7. The summed E-state index contributed by atoms with van der Waals surface area (Å²) in [5.74, 6) is -0.537. The molecule has 0 saturated heterocycles. The van der Waals surface area contributed by atoms with E-state index in [9.17, 15) is 17.6 Å². The molecule has 0 bridgehead atoms. The van der Waals surface area contributed by atoms with Crippen molar-refractivity contribution in [3.8, 4) is 0 Å². The molecular formula is C18H23F4N. The highest BCUT2D eigenvalue weighted by molar-refractivity contribution is 5.34. The lowest BCUT2D eigenvalue weighted by Crippen LogP contribution is -2.26. The summed E-state index contributed by atoms with van der Waals surface area (Å²) in [7, 11) is 0. The zero-order chi connectivity index (χ0) is 17.2. The molecule has 1 fully saturated rings. The molecule has 128 valence electrons. The third-order valence-corrected chi connectivity index (χ3v) is 4.37. The van der Waals surface area contributed by atoms with Crippen LogP contribution in [0.25, 0.3) is 0 Å². The Morgan fingerprint density at radius 2 is 1.96 bits per heavy atom. The van der Waals surface area contributed by atoms with E-state index in [1.807, 2.05) is 13.8 Å². The molecule has 0 spiro atoms. The van der Waals surface area contributed by atoms with E-state index >= 15 is 0 Å². The second-order valence-corrected chi connectivity index (χ2v) is 6.62. The average molecular weight is 329 g/mol. The van der Waals surface area contributed by atoms with Gasteiger partial charge in [-0.1, -0.05) is 32.1 Å². The first-order valence-electron chi connectivity index (χ1n) is 7.96. The van der Waals surface area contributed by atoms with Gasteiger partial charge in [0.15, 0.2) is 0 Å². The highest BCUT2D eigenvalue weighted by Gasteiger charge is 2.34. The van der Waals surface area contributed by atoms with Gasteiger partial charge in [-0.2, -0.15) is 13.2 Å². The standard InChI is InChI=1S/C18H23F4N/c1-11(2)12(3)15(10-23-9-13-4-5-13)14-6-7-16(17(19)8-14)18(20,21)22/h6-8,11,13,15,23H,3-5,9-10H2,1-2H3/t15-/m0/s1. The molecule has 5 heteroatoms. The van der Waals surface area contributed by atoms with Gasteiger partial charge in [0, 0.05) is 12.5 Å². The lowest BCUT2D eigenvalue weighted by atomic mass is 9.85. The second-order valence-electron chi connectivity index (χ2n) is 6.62. The van der Waals surface area contributed by atoms with Crippen LogP contribution in [0.3, 0.4) is 0 Å². The van der Waals surface area contributed by atoms with Crippen molar-refractivity contribution in [1.82, 2.24) is 5.32 Å². The van der Waals surface area contributed by atoms with Crippen LogP contribution in [0.2, 0.25) is 0 Å². The van der Waals surface area contributed by atoms with Crippen LogP contribution in [0.4, 0.5) is 17.6 Å². The van der Waals surface area contributed by atoms with Crippen molar-refractivity contribution in [1.29, 1.82) is 0 Å². The zero-order valence-corrected chi connectivity index (χ0v) is 13.5. The third-order valence-electron chi connectivity index (χ3n) is 4.37. The van der Waals surface area contributed by atoms with Crippen molar-refractivity contribution in [2.24, 2.45) is 11.8 Å². The number of rotatable bonds is 7. The van der Waals surface area contributed by atoms with Crippen molar-refractivity contribution in [3.63, 3.8) is 0 Å². The van der Waals surface area contributed by atoms with Gasteiger partial charge >= 0.3 is 6.18 Å². The molecule has 1 aliphatic rings. The number of halogens is 4. The van der Waals surface area contributed by atoms with Crippen molar-refractivity contribution in [2.45, 2.75) is 38.8 Å². The normalized spacial score (nSPS) is 16.7. The molecule has 0 aromatic heterocycles. The summed E-state index contributed by atoms with van der Waals surface area (Å²) < 4.78 is 52.0. The molecule has 1 nitrogen and oxygen atoms in total. The maximum Gasteiger partial charge on any atom is 0.419 e. The molecule has 1 aliphatic carbocycles. The summed E-state index contributed by atoms with van der Waals surface area (Å²) >= 11 is 0. The molecule has 0 aliphatic heterocycles. The Kier molecular flexibility index (Phi) is 5.50. The molecule has 1 atom stereocenters. The van der Waals surface area contributed by atoms with Crippen LogP contribution in [0, 0.1) is 17.7 Å². The SMILES string of the molecule is C=C(C(C)C)[C@H](CNCC1CC1)c1ccc(C(F)(F)F)c(F)c1. The number of alkyl halides is 3. The van der Waals surface area contributed by atoms with Gasteiger partial charge in [0.25, 0.3) is 0 Å². The van der Waals surface area contributed by atoms with Crippen LogP contribution >= 0.6 is 0 Å². The Balaban J connectivity index is 2.19. The van der Waals surface area contributed by atoms with Crippen LogP contribution in [0.1, 0.15) is 43.7 Å². The number of hydrogen-bond donors (Lipinski definition) is 1. The van der Waals surface area contributed by atoms with Gasteiger partial charge in [-0.3, -0.25) is 0 Å². The first kappa shape index (κ1) is 18.0. The predicted molar refractivity (Wildman–Crippen MR) is 83.7 cm³/mol. The fourth-order valence-corrected chi connectivity index (χ4v) is 2.60. The molecule has 1 N–H and O–H groups in total. The van der Waals surface area contributed by atoms with Crippen LogP contribution in [0.15, 0.2) is 30.4 Å². The highest BCUT2D eigenvalue weighted by Crippen LogP contribution is 2.35. The van der Waals surface area contributed by atoms with E-state index in [-0.39, 0.29) is 11.8 Å². The van der Waals surface area contributed by atoms with Gasteiger partial charge in [-0.15, -0.1) is 0 Å². The Bertz CT molecular complexity index is 559. The maximum absolute atomic E-state index is 13.9. The van der Waals surface area contributed by atoms with E-state index in [1.165, 1.54) is 18.9 Å². The van der Waals surface area contributed by atoms with Crippen LogP contribution < -0.4 is 5.32 Å². The molecule has 1 aromatic rings. The van der Waals surface area contributed by atoms with Crippen molar-refractivity contribution in [2.75, 3.05) is 13.1 Å². The number of benzene rings is 1. The smallest absolute Gasteiger partial charge is 0.316 e. The summed E-state index contributed by atoms with van der Waals surface area (Å²) in [6.07, 6.45) is -2.23. The van der Waals surface area contributed by atoms with Gasteiger partial charge in [-0.05, 0) is 48.9 Å². The quantitative estimate of drug-likeness (QED) is 0.539. The molecule has 0 unspecified atom stereocenters. The summed E-state index contributed by atoms with van der Waals surface area (Å²) in [6.45, 7) is 9.49. The van der Waals surface area contributed by atoms with E-state index in [0.717, 1.165) is 24.3 Å². The number of nitrogens with one attached hydrogen (secondary N) is 1. The lowest BCUT2D eigenvalue weighted by Gasteiger charge is -2.24. The molecule has 0 amide bonds. The average Bonchev–Trinajstić information content (AvgIpc) is 3.25. The Labute approximate surface area is 134 Å². The minimum Gasteiger partial charge on any atom is -0.316 e. The Hall–Kier alpha value is -1.36. The topological polar surface area (TPSA) is 12.0 Å².